The van der Waals surface area contributed by atoms with E-state index in [9.17, 15) is 18.4 Å². The third kappa shape index (κ3) is 10.3. The van der Waals surface area contributed by atoms with Gasteiger partial charge in [-0.05, 0) is 83.6 Å². The third-order valence-electron chi connectivity index (χ3n) is 9.70. The molecule has 1 amide bonds. The van der Waals surface area contributed by atoms with Crippen LogP contribution in [-0.2, 0) is 0 Å². The van der Waals surface area contributed by atoms with E-state index < -0.39 is 23.0 Å². The van der Waals surface area contributed by atoms with Crippen molar-refractivity contribution in [2.75, 3.05) is 57.9 Å². The number of carbonyl (C=O) groups is 1. The number of pyridine rings is 1. The third-order valence-corrected chi connectivity index (χ3v) is 9.70. The number of benzene rings is 3. The Kier molecular flexibility index (Phi) is 14.9. The smallest absolute Gasteiger partial charge is 0.263 e. The average molecular weight is 740 g/mol. The molecule has 0 radical (unpaired) electrons. The summed E-state index contributed by atoms with van der Waals surface area (Å²) in [7, 11) is 2.40. The normalized spacial score (nSPS) is 13.7. The predicted octanol–water partition coefficient (Wildman–Crippen LogP) is 5.70. The van der Waals surface area contributed by atoms with E-state index in [1.165, 1.54) is 73.7 Å². The standard InChI is InChI=1S/C41H52F2N3O5.ClH/c1-5-44(32-23-30(42)22-31(43)24-32)41(48)38-29-45(33-25-35(49-6-2)27-36(26-33)50-7-3)39-28-34(16-17-37(39)40(38)47)51-21-15-10-8-9-12-18-46(4)19-13-11-14-20-46;/h16-17,22-29H,5-15,18-21H2,1-4H3;1H/q+1;/p-1. The maximum absolute atomic E-state index is 14.2. The Morgan fingerprint density at radius 3 is 2.06 bits per heavy atom. The number of rotatable bonds is 17. The number of amides is 1. The number of anilines is 1. The monoisotopic (exact) mass is 739 g/mol. The first-order valence-electron chi connectivity index (χ1n) is 18.5. The topological polar surface area (TPSA) is 70.0 Å². The number of likely N-dealkylation sites (tertiary alicyclic amines) is 1. The van der Waals surface area contributed by atoms with Crippen LogP contribution in [0.3, 0.4) is 0 Å². The zero-order valence-electron chi connectivity index (χ0n) is 30.9. The lowest BCUT2D eigenvalue weighted by Crippen LogP contribution is -3.00. The molecule has 2 heterocycles. The first-order chi connectivity index (χ1) is 24.6. The fraction of sp³-hybridized carbons (Fsp3) is 0.463. The van der Waals surface area contributed by atoms with Crippen LogP contribution in [0.5, 0.6) is 17.2 Å². The molecular weight excluding hydrogens is 688 g/mol. The van der Waals surface area contributed by atoms with Crippen LogP contribution >= 0.6 is 0 Å². The van der Waals surface area contributed by atoms with Gasteiger partial charge in [0.1, 0.15) is 34.4 Å². The Bertz CT molecular complexity index is 1820. The minimum atomic E-state index is -0.820. The molecule has 0 bridgehead atoms. The minimum Gasteiger partial charge on any atom is -1.00 e. The van der Waals surface area contributed by atoms with Crippen LogP contribution in [0.4, 0.5) is 14.5 Å². The minimum absolute atomic E-state index is 0. The summed E-state index contributed by atoms with van der Waals surface area (Å²) >= 11 is 0. The van der Waals surface area contributed by atoms with Crippen molar-refractivity contribution >= 4 is 22.5 Å². The van der Waals surface area contributed by atoms with E-state index in [0.29, 0.717) is 53.7 Å². The first-order valence-corrected chi connectivity index (χ1v) is 18.5. The van der Waals surface area contributed by atoms with Crippen LogP contribution in [0.15, 0.2) is 65.6 Å². The van der Waals surface area contributed by atoms with Crippen molar-refractivity contribution in [2.24, 2.45) is 0 Å². The van der Waals surface area contributed by atoms with Gasteiger partial charge in [0.2, 0.25) is 5.43 Å². The van der Waals surface area contributed by atoms with Gasteiger partial charge < -0.3 is 40.6 Å². The van der Waals surface area contributed by atoms with Crippen LogP contribution in [-0.4, -0.2) is 68.0 Å². The van der Waals surface area contributed by atoms with Crippen LogP contribution in [0.2, 0.25) is 0 Å². The Labute approximate surface area is 312 Å². The van der Waals surface area contributed by atoms with E-state index in [2.05, 4.69) is 7.05 Å². The molecule has 0 unspecified atom stereocenters. The van der Waals surface area contributed by atoms with Crippen LogP contribution < -0.4 is 36.9 Å². The van der Waals surface area contributed by atoms with E-state index >= 15 is 0 Å². The fourth-order valence-corrected chi connectivity index (χ4v) is 7.06. The van der Waals surface area contributed by atoms with Crippen LogP contribution in [0, 0.1) is 11.6 Å². The van der Waals surface area contributed by atoms with Gasteiger partial charge in [0.15, 0.2) is 0 Å². The number of hydrogen-bond donors (Lipinski definition) is 0. The molecule has 0 aliphatic carbocycles. The van der Waals surface area contributed by atoms with Crippen molar-refractivity contribution in [2.45, 2.75) is 72.1 Å². The van der Waals surface area contributed by atoms with E-state index in [0.717, 1.165) is 31.0 Å². The lowest BCUT2D eigenvalue weighted by Gasteiger charge is -2.37. The largest absolute Gasteiger partial charge is 1.00 e. The van der Waals surface area contributed by atoms with Gasteiger partial charge in [0.05, 0.1) is 57.7 Å². The molecule has 8 nitrogen and oxygen atoms in total. The Morgan fingerprint density at radius 2 is 1.42 bits per heavy atom. The summed E-state index contributed by atoms with van der Waals surface area (Å²) in [6.45, 7) is 10.8. The molecule has 52 heavy (non-hydrogen) atoms. The average Bonchev–Trinajstić information content (AvgIpc) is 3.10. The number of fused-ring (bicyclic) bond motifs is 1. The quantitative estimate of drug-likeness (QED) is 0.103. The molecule has 1 aromatic heterocycles. The lowest BCUT2D eigenvalue weighted by atomic mass is 10.1. The number of hydrogen-bond acceptors (Lipinski definition) is 5. The van der Waals surface area contributed by atoms with E-state index in [-0.39, 0.29) is 30.2 Å². The summed E-state index contributed by atoms with van der Waals surface area (Å²) in [4.78, 5) is 29.2. The van der Waals surface area contributed by atoms with E-state index in [1.54, 1.807) is 35.8 Å². The Hall–Kier alpha value is -4.15. The highest BCUT2D eigenvalue weighted by Crippen LogP contribution is 2.30. The molecule has 1 aliphatic rings. The summed E-state index contributed by atoms with van der Waals surface area (Å²) in [5, 5.41) is 0.291. The number of quaternary nitrogens is 1. The molecule has 282 valence electrons. The zero-order valence-corrected chi connectivity index (χ0v) is 31.7. The molecule has 5 rings (SSSR count). The highest BCUT2D eigenvalue weighted by atomic mass is 35.5. The number of nitrogens with zero attached hydrogens (tertiary/aromatic N) is 3. The first kappa shape index (κ1) is 40.6. The second-order valence-electron chi connectivity index (χ2n) is 13.6. The number of unbranched alkanes of at least 4 members (excludes halogenated alkanes) is 4. The summed E-state index contributed by atoms with van der Waals surface area (Å²) in [5.41, 5.74) is 0.489. The molecule has 1 fully saturated rings. The Balaban J connectivity index is 0.00000605. The summed E-state index contributed by atoms with van der Waals surface area (Å²) < 4.78 is 49.2. The molecule has 0 spiro atoms. The van der Waals surface area contributed by atoms with Crippen molar-refractivity contribution < 1.29 is 44.7 Å². The highest BCUT2D eigenvalue weighted by Gasteiger charge is 2.25. The fourth-order valence-electron chi connectivity index (χ4n) is 7.06. The molecule has 1 aliphatic heterocycles. The number of aromatic nitrogens is 1. The molecule has 0 saturated carbocycles. The number of carbonyl (C=O) groups excluding carboxylic acids is 1. The number of halogens is 3. The van der Waals surface area contributed by atoms with Gasteiger partial charge in [-0.2, -0.15) is 0 Å². The Morgan fingerprint density at radius 1 is 0.788 bits per heavy atom. The SMILES string of the molecule is CCOc1cc(OCC)cc(-n2cc(C(=O)N(CC)c3cc(F)cc(F)c3)c(=O)c3ccc(OCCCCCCC[N+]4(C)CCCCC4)cc32)c1.[Cl-]. The number of ether oxygens (including phenoxy) is 3. The highest BCUT2D eigenvalue weighted by molar-refractivity contribution is 6.07. The lowest BCUT2D eigenvalue weighted by molar-refractivity contribution is -0.914. The maximum atomic E-state index is 14.2. The van der Waals surface area contributed by atoms with Gasteiger partial charge in [-0.25, -0.2) is 8.78 Å². The van der Waals surface area contributed by atoms with Gasteiger partial charge in [0, 0.05) is 54.1 Å². The van der Waals surface area contributed by atoms with Crippen molar-refractivity contribution in [3.63, 3.8) is 0 Å². The summed E-state index contributed by atoms with van der Waals surface area (Å²) in [6, 6.07) is 13.5. The van der Waals surface area contributed by atoms with E-state index in [1.807, 2.05) is 26.0 Å². The van der Waals surface area contributed by atoms with Crippen LogP contribution in [0.25, 0.3) is 16.6 Å². The molecule has 1 saturated heterocycles. The zero-order chi connectivity index (χ0) is 36.4. The van der Waals surface area contributed by atoms with Gasteiger partial charge in [0.25, 0.3) is 5.91 Å². The second-order valence-corrected chi connectivity index (χ2v) is 13.6. The molecule has 0 atom stereocenters. The summed E-state index contributed by atoms with van der Waals surface area (Å²) in [5.74, 6) is -0.598. The van der Waals surface area contributed by atoms with Gasteiger partial charge in [-0.15, -0.1) is 0 Å². The van der Waals surface area contributed by atoms with Crippen LogP contribution in [0.1, 0.15) is 82.5 Å². The van der Waals surface area contributed by atoms with Gasteiger partial charge in [-0.3, -0.25) is 9.59 Å². The molecule has 3 aromatic carbocycles. The maximum Gasteiger partial charge on any atom is 0.263 e. The van der Waals surface area contributed by atoms with Crippen molar-refractivity contribution in [3.8, 4) is 22.9 Å². The second kappa shape index (κ2) is 19.1. The summed E-state index contributed by atoms with van der Waals surface area (Å²) in [6.07, 6.45) is 11.2. The number of piperidine rings is 1. The van der Waals surface area contributed by atoms with E-state index in [4.69, 9.17) is 14.2 Å². The molecule has 4 aromatic rings. The molecule has 0 N–H and O–H groups in total. The van der Waals surface area contributed by atoms with Crippen molar-refractivity contribution in [3.05, 3.63) is 88.2 Å². The molecular formula is C41H52ClF2N3O5. The van der Waals surface area contributed by atoms with Crippen molar-refractivity contribution in [1.29, 1.82) is 0 Å². The van der Waals surface area contributed by atoms with Crippen molar-refractivity contribution in [1.82, 2.24) is 4.57 Å². The van der Waals surface area contributed by atoms with Gasteiger partial charge in [-0.1, -0.05) is 12.8 Å². The van der Waals surface area contributed by atoms with Gasteiger partial charge >= 0.3 is 0 Å². The predicted molar refractivity (Wildman–Crippen MR) is 199 cm³/mol. The molecule has 11 heteroatoms.